The number of hydrogen-bond donors (Lipinski definition) is 3. The second-order valence-electron chi connectivity index (χ2n) is 3.94. The van der Waals surface area contributed by atoms with Gasteiger partial charge in [-0.25, -0.2) is 19.6 Å². The van der Waals surface area contributed by atoms with Gasteiger partial charge in [0.2, 0.25) is 0 Å². The lowest BCUT2D eigenvalue weighted by Gasteiger charge is -2.20. The first-order chi connectivity index (χ1) is 8.45. The molecule has 0 aliphatic carbocycles. The molecule has 1 aromatic rings. The number of carbonyl (C=O) groups is 2. The molecule has 0 aliphatic rings. The molecule has 0 saturated carbocycles. The molecule has 98 valence electrons. The molecule has 0 saturated heterocycles. The molecule has 0 aromatic carbocycles. The van der Waals surface area contributed by atoms with Crippen molar-refractivity contribution in [2.24, 2.45) is 5.92 Å². The summed E-state index contributed by atoms with van der Waals surface area (Å²) in [5.74, 6) is -1.99. The third kappa shape index (κ3) is 3.41. The predicted octanol–water partition coefficient (Wildman–Crippen LogP) is 1.09. The highest BCUT2D eigenvalue weighted by molar-refractivity contribution is 5.85. The van der Waals surface area contributed by atoms with E-state index in [0.717, 1.165) is 6.20 Å². The van der Waals surface area contributed by atoms with Gasteiger partial charge in [-0.2, -0.15) is 0 Å². The quantitative estimate of drug-likeness (QED) is 0.695. The van der Waals surface area contributed by atoms with Gasteiger partial charge in [0.05, 0.1) is 12.4 Å². The monoisotopic (exact) mass is 253 g/mol. The molecular formula is C11H15N3O4. The average Bonchev–Trinajstić information content (AvgIpc) is 2.35. The first kappa shape index (κ1) is 13.9. The van der Waals surface area contributed by atoms with E-state index in [1.807, 2.05) is 13.8 Å². The molecule has 0 amide bonds. The Hall–Kier alpha value is -2.18. The molecule has 1 aromatic heterocycles. The molecule has 2 atom stereocenters. The van der Waals surface area contributed by atoms with Gasteiger partial charge in [0.25, 0.3) is 0 Å². The van der Waals surface area contributed by atoms with Gasteiger partial charge in [-0.05, 0) is 5.92 Å². The minimum absolute atomic E-state index is 0.0801. The normalized spacial score (nSPS) is 13.7. The van der Waals surface area contributed by atoms with Crippen molar-refractivity contribution in [3.8, 4) is 0 Å². The number of aromatic nitrogens is 2. The van der Waals surface area contributed by atoms with Crippen LogP contribution in [0.3, 0.4) is 0 Å². The topological polar surface area (TPSA) is 112 Å². The Balaban J connectivity index is 2.81. The first-order valence-corrected chi connectivity index (χ1v) is 5.50. The minimum atomic E-state index is -1.18. The second-order valence-corrected chi connectivity index (χ2v) is 3.94. The maximum Gasteiger partial charge on any atom is 0.356 e. The van der Waals surface area contributed by atoms with Crippen LogP contribution in [0.1, 0.15) is 30.8 Å². The fraction of sp³-hybridized carbons (Fsp3) is 0.455. The summed E-state index contributed by atoms with van der Waals surface area (Å²) in [4.78, 5) is 29.1. The van der Waals surface area contributed by atoms with Gasteiger partial charge in [0.15, 0.2) is 5.69 Å². The molecule has 1 heterocycles. The number of carboxylic acid groups (broad SMARTS) is 2. The number of aromatic carboxylic acids is 1. The van der Waals surface area contributed by atoms with Gasteiger partial charge in [-0.3, -0.25) is 0 Å². The molecule has 0 bridgehead atoms. The molecule has 7 nitrogen and oxygen atoms in total. The zero-order valence-corrected chi connectivity index (χ0v) is 10.1. The number of carboxylic acids is 2. The Morgan fingerprint density at radius 3 is 2.39 bits per heavy atom. The van der Waals surface area contributed by atoms with E-state index in [-0.39, 0.29) is 17.4 Å². The van der Waals surface area contributed by atoms with Crippen LogP contribution in [0.4, 0.5) is 5.82 Å². The Morgan fingerprint density at radius 2 is 2.00 bits per heavy atom. The maximum atomic E-state index is 11.1. The zero-order valence-electron chi connectivity index (χ0n) is 10.1. The Kier molecular flexibility index (Phi) is 4.59. The molecule has 0 fully saturated rings. The third-order valence-corrected chi connectivity index (χ3v) is 2.65. The smallest absolute Gasteiger partial charge is 0.356 e. The highest BCUT2D eigenvalue weighted by Gasteiger charge is 2.23. The number of aliphatic carboxylic acids is 1. The summed E-state index contributed by atoms with van der Waals surface area (Å²) < 4.78 is 0. The third-order valence-electron chi connectivity index (χ3n) is 2.65. The lowest BCUT2D eigenvalue weighted by molar-refractivity contribution is -0.139. The van der Waals surface area contributed by atoms with Gasteiger partial charge in [-0.1, -0.05) is 20.3 Å². The molecule has 18 heavy (non-hydrogen) atoms. The van der Waals surface area contributed by atoms with Crippen molar-refractivity contribution >= 4 is 17.8 Å². The Labute approximate surface area is 104 Å². The van der Waals surface area contributed by atoms with Crippen LogP contribution in [0.15, 0.2) is 12.4 Å². The van der Waals surface area contributed by atoms with Crippen LogP contribution in [0, 0.1) is 5.92 Å². The van der Waals surface area contributed by atoms with Crippen molar-refractivity contribution in [2.75, 3.05) is 5.32 Å². The SMILES string of the molecule is CC[C@H](C)[C@H](Nc1cnc(C(=O)O)cn1)C(=O)O. The fourth-order valence-electron chi connectivity index (χ4n) is 1.36. The number of rotatable bonds is 6. The standard InChI is InChI=1S/C11H15N3O4/c1-3-6(2)9(11(17)18)14-8-5-12-7(4-13-8)10(15)16/h4-6,9H,3H2,1-2H3,(H,13,14)(H,15,16)(H,17,18)/t6-,9-/m0/s1. The van der Waals surface area contributed by atoms with Gasteiger partial charge < -0.3 is 15.5 Å². The van der Waals surface area contributed by atoms with E-state index in [4.69, 9.17) is 10.2 Å². The van der Waals surface area contributed by atoms with E-state index in [9.17, 15) is 9.59 Å². The molecular weight excluding hydrogens is 238 g/mol. The number of nitrogens with one attached hydrogen (secondary N) is 1. The van der Waals surface area contributed by atoms with Crippen LogP contribution in [0.25, 0.3) is 0 Å². The van der Waals surface area contributed by atoms with Crippen molar-refractivity contribution in [3.05, 3.63) is 18.1 Å². The van der Waals surface area contributed by atoms with Crippen LogP contribution in [-0.2, 0) is 4.79 Å². The van der Waals surface area contributed by atoms with Gasteiger partial charge in [0, 0.05) is 0 Å². The minimum Gasteiger partial charge on any atom is -0.480 e. The molecule has 0 aliphatic heterocycles. The van der Waals surface area contributed by atoms with Crippen molar-refractivity contribution in [2.45, 2.75) is 26.3 Å². The number of anilines is 1. The van der Waals surface area contributed by atoms with E-state index < -0.39 is 18.0 Å². The van der Waals surface area contributed by atoms with E-state index >= 15 is 0 Å². The van der Waals surface area contributed by atoms with E-state index in [2.05, 4.69) is 15.3 Å². The lowest BCUT2D eigenvalue weighted by Crippen LogP contribution is -2.35. The summed E-state index contributed by atoms with van der Waals surface area (Å²) in [6.45, 7) is 3.70. The van der Waals surface area contributed by atoms with Crippen LogP contribution in [0.2, 0.25) is 0 Å². The van der Waals surface area contributed by atoms with Crippen molar-refractivity contribution in [3.63, 3.8) is 0 Å². The first-order valence-electron chi connectivity index (χ1n) is 5.50. The van der Waals surface area contributed by atoms with E-state index in [1.165, 1.54) is 6.20 Å². The zero-order chi connectivity index (χ0) is 13.7. The molecule has 0 unspecified atom stereocenters. The molecule has 0 spiro atoms. The molecule has 3 N–H and O–H groups in total. The second kappa shape index (κ2) is 5.95. The average molecular weight is 253 g/mol. The van der Waals surface area contributed by atoms with E-state index in [1.54, 1.807) is 0 Å². The summed E-state index contributed by atoms with van der Waals surface area (Å²) in [6.07, 6.45) is 2.99. The summed E-state index contributed by atoms with van der Waals surface area (Å²) in [5.41, 5.74) is -0.184. The summed E-state index contributed by atoms with van der Waals surface area (Å²) in [5, 5.41) is 20.5. The van der Waals surface area contributed by atoms with Crippen LogP contribution in [-0.4, -0.2) is 38.2 Å². The Bertz CT molecular complexity index is 432. The largest absolute Gasteiger partial charge is 0.480 e. The van der Waals surface area contributed by atoms with Crippen molar-refractivity contribution in [1.82, 2.24) is 9.97 Å². The number of nitrogens with zero attached hydrogens (tertiary/aromatic N) is 2. The molecule has 7 heteroatoms. The van der Waals surface area contributed by atoms with Crippen LogP contribution >= 0.6 is 0 Å². The van der Waals surface area contributed by atoms with Gasteiger partial charge >= 0.3 is 11.9 Å². The summed E-state index contributed by atoms with van der Waals surface area (Å²) >= 11 is 0. The predicted molar refractivity (Wildman–Crippen MR) is 63.5 cm³/mol. The highest BCUT2D eigenvalue weighted by Crippen LogP contribution is 2.13. The van der Waals surface area contributed by atoms with Crippen molar-refractivity contribution < 1.29 is 19.8 Å². The van der Waals surface area contributed by atoms with Crippen LogP contribution in [0.5, 0.6) is 0 Å². The summed E-state index contributed by atoms with van der Waals surface area (Å²) in [7, 11) is 0. The maximum absolute atomic E-state index is 11.1. The molecule has 1 rings (SSSR count). The number of hydrogen-bond acceptors (Lipinski definition) is 5. The highest BCUT2D eigenvalue weighted by atomic mass is 16.4. The molecule has 0 radical (unpaired) electrons. The Morgan fingerprint density at radius 1 is 1.33 bits per heavy atom. The summed E-state index contributed by atoms with van der Waals surface area (Å²) in [6, 6.07) is -0.778. The fourth-order valence-corrected chi connectivity index (χ4v) is 1.36. The lowest BCUT2D eigenvalue weighted by atomic mass is 9.99. The van der Waals surface area contributed by atoms with Gasteiger partial charge in [0.1, 0.15) is 11.9 Å². The van der Waals surface area contributed by atoms with Gasteiger partial charge in [-0.15, -0.1) is 0 Å². The van der Waals surface area contributed by atoms with Crippen molar-refractivity contribution in [1.29, 1.82) is 0 Å². The van der Waals surface area contributed by atoms with Crippen LogP contribution < -0.4 is 5.32 Å². The van der Waals surface area contributed by atoms with E-state index in [0.29, 0.717) is 6.42 Å².